The number of piperidine rings is 1. The Hall–Kier alpha value is -0.770. The van der Waals surface area contributed by atoms with Crippen molar-refractivity contribution < 1.29 is 4.74 Å². The Morgan fingerprint density at radius 1 is 1.33 bits per heavy atom. The van der Waals surface area contributed by atoms with E-state index in [-0.39, 0.29) is 5.54 Å². The summed E-state index contributed by atoms with van der Waals surface area (Å²) in [5, 5.41) is 0. The van der Waals surface area contributed by atoms with Crippen molar-refractivity contribution in [1.29, 1.82) is 0 Å². The van der Waals surface area contributed by atoms with Gasteiger partial charge in [0.05, 0.1) is 11.6 Å². The van der Waals surface area contributed by atoms with Gasteiger partial charge in [0.2, 0.25) is 0 Å². The summed E-state index contributed by atoms with van der Waals surface area (Å²) in [7, 11) is 1.77. The summed E-state index contributed by atoms with van der Waals surface area (Å²) in [4.78, 5) is 6.60. The second kappa shape index (κ2) is 4.84. The first-order chi connectivity index (χ1) is 6.92. The average Bonchev–Trinajstić information content (AvgIpc) is 2.15. The van der Waals surface area contributed by atoms with Gasteiger partial charge in [0.1, 0.15) is 0 Å². The molecule has 0 saturated carbocycles. The Bertz CT molecular complexity index is 224. The maximum absolute atomic E-state index is 5.96. The number of guanidine groups is 1. The molecule has 1 saturated heterocycles. The van der Waals surface area contributed by atoms with Crippen LogP contribution in [0.4, 0.5) is 0 Å². The van der Waals surface area contributed by atoms with Crippen molar-refractivity contribution in [3.8, 4) is 0 Å². The van der Waals surface area contributed by atoms with Crippen LogP contribution >= 0.6 is 0 Å². The van der Waals surface area contributed by atoms with Gasteiger partial charge in [-0.2, -0.15) is 0 Å². The maximum atomic E-state index is 5.96. The smallest absolute Gasteiger partial charge is 0.191 e. The number of hydrogen-bond acceptors (Lipinski definition) is 2. The summed E-state index contributed by atoms with van der Waals surface area (Å²) in [6, 6.07) is 0. The molecule has 1 heterocycles. The van der Waals surface area contributed by atoms with Crippen molar-refractivity contribution in [2.45, 2.75) is 45.3 Å². The highest BCUT2D eigenvalue weighted by atomic mass is 16.5. The minimum Gasteiger partial charge on any atom is -0.381 e. The third-order valence-electron chi connectivity index (χ3n) is 2.55. The Morgan fingerprint density at radius 3 is 2.27 bits per heavy atom. The van der Waals surface area contributed by atoms with Crippen LogP contribution in [0.1, 0.15) is 33.6 Å². The van der Waals surface area contributed by atoms with Gasteiger partial charge in [0.15, 0.2) is 5.96 Å². The first-order valence-corrected chi connectivity index (χ1v) is 5.55. The summed E-state index contributed by atoms with van der Waals surface area (Å²) in [6.45, 7) is 8.07. The molecule has 1 aliphatic heterocycles. The number of methoxy groups -OCH3 is 1. The van der Waals surface area contributed by atoms with E-state index < -0.39 is 0 Å². The number of aliphatic imine (C=N–C) groups is 1. The van der Waals surface area contributed by atoms with Crippen molar-refractivity contribution in [2.75, 3.05) is 20.2 Å². The van der Waals surface area contributed by atoms with Crippen LogP contribution in [-0.2, 0) is 4.74 Å². The van der Waals surface area contributed by atoms with Gasteiger partial charge in [-0.1, -0.05) is 0 Å². The molecule has 0 aliphatic carbocycles. The molecule has 0 radical (unpaired) electrons. The van der Waals surface area contributed by atoms with Crippen LogP contribution in [0, 0.1) is 0 Å². The van der Waals surface area contributed by atoms with E-state index in [1.165, 1.54) is 0 Å². The molecule has 2 N–H and O–H groups in total. The van der Waals surface area contributed by atoms with E-state index in [9.17, 15) is 0 Å². The quantitative estimate of drug-likeness (QED) is 0.526. The third kappa shape index (κ3) is 4.08. The molecule has 0 aromatic carbocycles. The topological polar surface area (TPSA) is 50.9 Å². The lowest BCUT2D eigenvalue weighted by Gasteiger charge is -2.32. The van der Waals surface area contributed by atoms with Gasteiger partial charge >= 0.3 is 0 Å². The van der Waals surface area contributed by atoms with E-state index in [2.05, 4.69) is 30.7 Å². The number of likely N-dealkylation sites (tertiary alicyclic amines) is 1. The molecule has 0 amide bonds. The monoisotopic (exact) mass is 213 g/mol. The van der Waals surface area contributed by atoms with Crippen LogP contribution in [-0.4, -0.2) is 42.7 Å². The second-order valence-electron chi connectivity index (χ2n) is 5.06. The number of nitrogens with zero attached hydrogens (tertiary/aromatic N) is 2. The van der Waals surface area contributed by atoms with E-state index in [1.54, 1.807) is 7.11 Å². The Balaban J connectivity index is 2.50. The number of rotatable bonds is 1. The second-order valence-corrected chi connectivity index (χ2v) is 5.06. The fraction of sp³-hybridized carbons (Fsp3) is 0.909. The van der Waals surface area contributed by atoms with Gasteiger partial charge < -0.3 is 15.4 Å². The summed E-state index contributed by atoms with van der Waals surface area (Å²) in [5.74, 6) is 0.664. The average molecular weight is 213 g/mol. The molecule has 0 spiro atoms. The lowest BCUT2D eigenvalue weighted by atomic mass is 10.1. The van der Waals surface area contributed by atoms with Crippen LogP contribution < -0.4 is 5.73 Å². The maximum Gasteiger partial charge on any atom is 0.191 e. The van der Waals surface area contributed by atoms with Crippen molar-refractivity contribution in [3.63, 3.8) is 0 Å². The zero-order valence-electron chi connectivity index (χ0n) is 10.3. The number of nitrogens with two attached hydrogens (primary N) is 1. The van der Waals surface area contributed by atoms with Crippen molar-refractivity contribution >= 4 is 5.96 Å². The Kier molecular flexibility index (Phi) is 3.97. The van der Waals surface area contributed by atoms with Crippen molar-refractivity contribution in [1.82, 2.24) is 4.90 Å². The third-order valence-corrected chi connectivity index (χ3v) is 2.55. The molecule has 4 heteroatoms. The van der Waals surface area contributed by atoms with E-state index >= 15 is 0 Å². The minimum atomic E-state index is -0.0951. The molecule has 4 nitrogen and oxygen atoms in total. The molecule has 1 fully saturated rings. The fourth-order valence-electron chi connectivity index (χ4n) is 1.73. The molecule has 1 aliphatic rings. The standard InChI is InChI=1S/C11H23N3O/c1-11(2,3)13-10(12)14-7-5-9(15-4)6-8-14/h9H,5-8H2,1-4H3,(H2,12,13). The molecule has 0 aromatic heterocycles. The molecule has 0 unspecified atom stereocenters. The molecular weight excluding hydrogens is 190 g/mol. The molecule has 15 heavy (non-hydrogen) atoms. The zero-order chi connectivity index (χ0) is 11.5. The zero-order valence-corrected chi connectivity index (χ0v) is 10.3. The van der Waals surface area contributed by atoms with Crippen LogP contribution in [0.3, 0.4) is 0 Å². The summed E-state index contributed by atoms with van der Waals surface area (Å²) in [5.41, 5.74) is 5.86. The van der Waals surface area contributed by atoms with Gasteiger partial charge in [0.25, 0.3) is 0 Å². The van der Waals surface area contributed by atoms with Gasteiger partial charge in [0, 0.05) is 20.2 Å². The van der Waals surface area contributed by atoms with E-state index in [1.807, 2.05) is 0 Å². The van der Waals surface area contributed by atoms with Gasteiger partial charge in [-0.25, -0.2) is 4.99 Å². The van der Waals surface area contributed by atoms with E-state index in [4.69, 9.17) is 10.5 Å². The van der Waals surface area contributed by atoms with Gasteiger partial charge in [-0.3, -0.25) is 0 Å². The Labute approximate surface area is 92.5 Å². The largest absolute Gasteiger partial charge is 0.381 e. The lowest BCUT2D eigenvalue weighted by Crippen LogP contribution is -2.45. The molecule has 0 bridgehead atoms. The fourth-order valence-corrected chi connectivity index (χ4v) is 1.73. The minimum absolute atomic E-state index is 0.0951. The van der Waals surface area contributed by atoms with Gasteiger partial charge in [-0.05, 0) is 33.6 Å². The first kappa shape index (κ1) is 12.3. The first-order valence-electron chi connectivity index (χ1n) is 5.55. The van der Waals surface area contributed by atoms with Crippen LogP contribution in [0.5, 0.6) is 0 Å². The Morgan fingerprint density at radius 2 is 1.87 bits per heavy atom. The molecule has 88 valence electrons. The predicted octanol–water partition coefficient (Wildman–Crippen LogP) is 1.21. The summed E-state index contributed by atoms with van der Waals surface area (Å²) >= 11 is 0. The number of hydrogen-bond donors (Lipinski definition) is 1. The highest BCUT2D eigenvalue weighted by molar-refractivity contribution is 5.78. The van der Waals surface area contributed by atoms with Crippen molar-refractivity contribution in [3.05, 3.63) is 0 Å². The van der Waals surface area contributed by atoms with Gasteiger partial charge in [-0.15, -0.1) is 0 Å². The summed E-state index contributed by atoms with van der Waals surface area (Å²) in [6.07, 6.45) is 2.47. The normalized spacial score (nSPS) is 20.8. The van der Waals surface area contributed by atoms with E-state index in [0.29, 0.717) is 12.1 Å². The van der Waals surface area contributed by atoms with Crippen LogP contribution in [0.2, 0.25) is 0 Å². The van der Waals surface area contributed by atoms with Crippen molar-refractivity contribution in [2.24, 2.45) is 10.7 Å². The molecule has 1 rings (SSSR count). The number of ether oxygens (including phenoxy) is 1. The van der Waals surface area contributed by atoms with E-state index in [0.717, 1.165) is 25.9 Å². The SMILES string of the molecule is COC1CCN(C(N)=NC(C)(C)C)CC1. The summed E-state index contributed by atoms with van der Waals surface area (Å²) < 4.78 is 5.31. The predicted molar refractivity (Wildman–Crippen MR) is 63.0 cm³/mol. The molecule has 0 atom stereocenters. The molecule has 0 aromatic rings. The lowest BCUT2D eigenvalue weighted by molar-refractivity contribution is 0.0574. The highest BCUT2D eigenvalue weighted by Crippen LogP contribution is 2.14. The van der Waals surface area contributed by atoms with Crippen LogP contribution in [0.15, 0.2) is 4.99 Å². The van der Waals surface area contributed by atoms with Crippen LogP contribution in [0.25, 0.3) is 0 Å². The molecular formula is C11H23N3O. The highest BCUT2D eigenvalue weighted by Gasteiger charge is 2.21.